The van der Waals surface area contributed by atoms with Gasteiger partial charge in [-0.15, -0.1) is 0 Å². The first-order valence-electron chi connectivity index (χ1n) is 6.33. The molecule has 1 aliphatic rings. The zero-order chi connectivity index (χ0) is 13.8. The Bertz CT molecular complexity index is 510. The van der Waals surface area contributed by atoms with Crippen LogP contribution in [0.1, 0.15) is 25.5 Å². The summed E-state index contributed by atoms with van der Waals surface area (Å²) in [6.45, 7) is 3.25. The van der Waals surface area contributed by atoms with Crippen LogP contribution in [0.4, 0.5) is 0 Å². The molecule has 0 aliphatic carbocycles. The van der Waals surface area contributed by atoms with Crippen LogP contribution in [0.15, 0.2) is 21.5 Å². The average molecular weight is 267 g/mol. The Morgan fingerprint density at radius 2 is 2.42 bits per heavy atom. The molecule has 2 heterocycles. The molecule has 1 unspecified atom stereocenters. The maximum atomic E-state index is 11.8. The number of ether oxygens (including phenoxy) is 1. The summed E-state index contributed by atoms with van der Waals surface area (Å²) in [4.78, 5) is 25.0. The third kappa shape index (κ3) is 3.14. The lowest BCUT2D eigenvalue weighted by Gasteiger charge is -2.21. The highest BCUT2D eigenvalue weighted by Gasteiger charge is 2.32. The minimum absolute atomic E-state index is 0.235. The van der Waals surface area contributed by atoms with Gasteiger partial charge < -0.3 is 14.3 Å². The molecule has 6 nitrogen and oxygen atoms in total. The van der Waals surface area contributed by atoms with Gasteiger partial charge in [-0.1, -0.05) is 0 Å². The molecule has 0 amide bonds. The molecule has 19 heavy (non-hydrogen) atoms. The zero-order valence-corrected chi connectivity index (χ0v) is 10.8. The number of hydrogen-bond donors (Lipinski definition) is 1. The van der Waals surface area contributed by atoms with Crippen LogP contribution in [0.3, 0.4) is 0 Å². The Balaban J connectivity index is 2.06. The third-order valence-corrected chi connectivity index (χ3v) is 3.15. The summed E-state index contributed by atoms with van der Waals surface area (Å²) in [7, 11) is 0. The fraction of sp³-hybridized carbons (Fsp3) is 0.538. The van der Waals surface area contributed by atoms with Crippen molar-refractivity contribution >= 4 is 5.97 Å². The van der Waals surface area contributed by atoms with Gasteiger partial charge >= 0.3 is 5.97 Å². The monoisotopic (exact) mass is 267 g/mol. The van der Waals surface area contributed by atoms with Gasteiger partial charge in [0.1, 0.15) is 18.1 Å². The smallest absolute Gasteiger partial charge is 0.323 e. The Morgan fingerprint density at radius 3 is 3.11 bits per heavy atom. The maximum Gasteiger partial charge on any atom is 0.323 e. The second kappa shape index (κ2) is 5.88. The number of rotatable bonds is 4. The van der Waals surface area contributed by atoms with Crippen molar-refractivity contribution in [2.75, 3.05) is 13.2 Å². The van der Waals surface area contributed by atoms with Crippen LogP contribution in [0.2, 0.25) is 0 Å². The number of aromatic hydroxyl groups is 1. The maximum absolute atomic E-state index is 11.8. The first-order valence-corrected chi connectivity index (χ1v) is 6.33. The number of esters is 1. The standard InChI is InChI=1S/C13H17NO5/c1-2-18-13(17)10-4-3-5-14(10)7-9-6-11(15)12(16)8-19-9/h6,8,10,16H,2-5,7H2,1H3. The van der Waals surface area contributed by atoms with Crippen LogP contribution < -0.4 is 5.43 Å². The van der Waals surface area contributed by atoms with E-state index in [-0.39, 0.29) is 12.0 Å². The van der Waals surface area contributed by atoms with Gasteiger partial charge in [-0.2, -0.15) is 0 Å². The van der Waals surface area contributed by atoms with Crippen molar-refractivity contribution in [2.24, 2.45) is 0 Å². The predicted octanol–water partition coefficient (Wildman–Crippen LogP) is 0.873. The first kappa shape index (κ1) is 13.6. The minimum atomic E-state index is -0.479. The van der Waals surface area contributed by atoms with Gasteiger partial charge in [0, 0.05) is 6.07 Å². The molecule has 1 N–H and O–H groups in total. The van der Waals surface area contributed by atoms with Crippen molar-refractivity contribution < 1.29 is 19.1 Å². The number of hydrogen-bond acceptors (Lipinski definition) is 6. The van der Waals surface area contributed by atoms with E-state index in [9.17, 15) is 9.59 Å². The highest BCUT2D eigenvalue weighted by molar-refractivity contribution is 5.76. The summed E-state index contributed by atoms with van der Waals surface area (Å²) in [5, 5.41) is 9.12. The molecular weight excluding hydrogens is 250 g/mol. The van der Waals surface area contributed by atoms with Crippen molar-refractivity contribution in [3.05, 3.63) is 28.3 Å². The van der Waals surface area contributed by atoms with Gasteiger partial charge in [0.25, 0.3) is 0 Å². The van der Waals surface area contributed by atoms with Crippen molar-refractivity contribution in [1.82, 2.24) is 4.90 Å². The minimum Gasteiger partial charge on any atom is -0.502 e. The summed E-state index contributed by atoms with van der Waals surface area (Å²) in [6, 6.07) is 0.967. The van der Waals surface area contributed by atoms with E-state index in [0.29, 0.717) is 18.9 Å². The van der Waals surface area contributed by atoms with E-state index < -0.39 is 11.2 Å². The molecule has 0 radical (unpaired) electrons. The molecule has 2 rings (SSSR count). The average Bonchev–Trinajstić information content (AvgIpc) is 2.82. The van der Waals surface area contributed by atoms with Crippen LogP contribution in [0.5, 0.6) is 5.75 Å². The molecular formula is C13H17NO5. The van der Waals surface area contributed by atoms with Gasteiger partial charge in [-0.25, -0.2) is 0 Å². The molecule has 1 aliphatic heterocycles. The second-order valence-electron chi connectivity index (χ2n) is 4.48. The fourth-order valence-corrected chi connectivity index (χ4v) is 2.25. The van der Waals surface area contributed by atoms with E-state index in [1.807, 2.05) is 4.90 Å². The second-order valence-corrected chi connectivity index (χ2v) is 4.48. The van der Waals surface area contributed by atoms with Crippen molar-refractivity contribution in [1.29, 1.82) is 0 Å². The molecule has 6 heteroatoms. The van der Waals surface area contributed by atoms with E-state index in [4.69, 9.17) is 14.3 Å². The van der Waals surface area contributed by atoms with Gasteiger partial charge in [0.05, 0.1) is 13.2 Å². The van der Waals surface area contributed by atoms with E-state index in [1.54, 1.807) is 6.92 Å². The quantitative estimate of drug-likeness (QED) is 0.815. The SMILES string of the molecule is CCOC(=O)C1CCCN1Cc1cc(=O)c(O)co1. The Labute approximate surface area is 110 Å². The van der Waals surface area contributed by atoms with Crippen LogP contribution in [0.25, 0.3) is 0 Å². The molecule has 1 aromatic heterocycles. The van der Waals surface area contributed by atoms with E-state index >= 15 is 0 Å². The predicted molar refractivity (Wildman–Crippen MR) is 66.7 cm³/mol. The van der Waals surface area contributed by atoms with Gasteiger partial charge in [-0.3, -0.25) is 14.5 Å². The lowest BCUT2D eigenvalue weighted by atomic mass is 10.2. The molecule has 0 aromatic carbocycles. The third-order valence-electron chi connectivity index (χ3n) is 3.15. The molecule has 1 aromatic rings. The largest absolute Gasteiger partial charge is 0.502 e. The van der Waals surface area contributed by atoms with Gasteiger partial charge in [-0.05, 0) is 26.3 Å². The van der Waals surface area contributed by atoms with E-state index in [1.165, 1.54) is 6.07 Å². The van der Waals surface area contributed by atoms with Crippen LogP contribution >= 0.6 is 0 Å². The Morgan fingerprint density at radius 1 is 1.63 bits per heavy atom. The summed E-state index contributed by atoms with van der Waals surface area (Å²) < 4.78 is 10.2. The first-order chi connectivity index (χ1) is 9.11. The Kier molecular flexibility index (Phi) is 4.21. The van der Waals surface area contributed by atoms with Crippen molar-refractivity contribution in [3.63, 3.8) is 0 Å². The molecule has 0 bridgehead atoms. The molecule has 104 valence electrons. The molecule has 0 spiro atoms. The molecule has 1 fully saturated rings. The normalized spacial score (nSPS) is 19.5. The van der Waals surface area contributed by atoms with Crippen LogP contribution in [-0.2, 0) is 16.1 Å². The highest BCUT2D eigenvalue weighted by Crippen LogP contribution is 2.21. The summed E-state index contributed by atoms with van der Waals surface area (Å²) >= 11 is 0. The van der Waals surface area contributed by atoms with Crippen molar-refractivity contribution in [2.45, 2.75) is 32.4 Å². The summed E-state index contributed by atoms with van der Waals surface area (Å²) in [6.07, 6.45) is 2.68. The highest BCUT2D eigenvalue weighted by atomic mass is 16.5. The number of carbonyl (C=O) groups is 1. The fourth-order valence-electron chi connectivity index (χ4n) is 2.25. The van der Waals surface area contributed by atoms with E-state index in [2.05, 4.69) is 0 Å². The van der Waals surface area contributed by atoms with Gasteiger partial charge in [0.2, 0.25) is 5.43 Å². The summed E-state index contributed by atoms with van der Waals surface area (Å²) in [5.41, 5.74) is -0.479. The lowest BCUT2D eigenvalue weighted by molar-refractivity contribution is -0.148. The Hall–Kier alpha value is -1.82. The number of carbonyl (C=O) groups excluding carboxylic acids is 1. The van der Waals surface area contributed by atoms with Crippen molar-refractivity contribution in [3.8, 4) is 5.75 Å². The zero-order valence-electron chi connectivity index (χ0n) is 10.8. The number of nitrogens with zero attached hydrogens (tertiary/aromatic N) is 1. The lowest BCUT2D eigenvalue weighted by Crippen LogP contribution is -2.36. The number of likely N-dealkylation sites (tertiary alicyclic amines) is 1. The van der Waals surface area contributed by atoms with Gasteiger partial charge in [0.15, 0.2) is 5.75 Å². The van der Waals surface area contributed by atoms with Crippen LogP contribution in [0, 0.1) is 0 Å². The molecule has 1 atom stereocenters. The topological polar surface area (TPSA) is 80.0 Å². The molecule has 0 saturated carbocycles. The molecule has 1 saturated heterocycles. The summed E-state index contributed by atoms with van der Waals surface area (Å²) in [5.74, 6) is -0.216. The van der Waals surface area contributed by atoms with E-state index in [0.717, 1.165) is 25.6 Å². The van der Waals surface area contributed by atoms with Crippen LogP contribution in [-0.4, -0.2) is 35.2 Å².